The maximum atomic E-state index is 13.5. The highest BCUT2D eigenvalue weighted by molar-refractivity contribution is 5.99. The summed E-state index contributed by atoms with van der Waals surface area (Å²) in [5.74, 6) is -6.27. The van der Waals surface area contributed by atoms with Crippen LogP contribution in [0.3, 0.4) is 0 Å². The normalized spacial score (nSPS) is 10.4. The van der Waals surface area contributed by atoms with Gasteiger partial charge in [0.25, 0.3) is 5.91 Å². The molecular weight excluding hydrogens is 321 g/mol. The Bertz CT molecular complexity index is 807. The smallest absolute Gasteiger partial charge is 0.254 e. The Balaban J connectivity index is 1.97. The SMILES string of the molecule is Cc1ccc(NC(=O)CNC(=O)c2ccc(F)c(F)c2F)cc1C. The van der Waals surface area contributed by atoms with E-state index in [0.29, 0.717) is 11.8 Å². The first kappa shape index (κ1) is 17.5. The number of carbonyl (C=O) groups excluding carboxylic acids is 2. The summed E-state index contributed by atoms with van der Waals surface area (Å²) < 4.78 is 39.4. The van der Waals surface area contributed by atoms with Gasteiger partial charge in [-0.1, -0.05) is 6.07 Å². The lowest BCUT2D eigenvalue weighted by atomic mass is 10.1. The minimum atomic E-state index is -1.73. The number of amides is 2. The Morgan fingerprint density at radius 1 is 0.958 bits per heavy atom. The van der Waals surface area contributed by atoms with Crippen LogP contribution < -0.4 is 10.6 Å². The number of nitrogens with one attached hydrogen (secondary N) is 2. The van der Waals surface area contributed by atoms with Crippen molar-refractivity contribution >= 4 is 17.5 Å². The number of carbonyl (C=O) groups is 2. The average Bonchev–Trinajstić information content (AvgIpc) is 2.54. The zero-order valence-electron chi connectivity index (χ0n) is 13.0. The highest BCUT2D eigenvalue weighted by Crippen LogP contribution is 2.15. The van der Waals surface area contributed by atoms with Crippen molar-refractivity contribution in [2.24, 2.45) is 0 Å². The summed E-state index contributed by atoms with van der Waals surface area (Å²) in [5.41, 5.74) is 1.93. The third kappa shape index (κ3) is 3.92. The van der Waals surface area contributed by atoms with Crippen molar-refractivity contribution in [2.45, 2.75) is 13.8 Å². The average molecular weight is 336 g/mol. The van der Waals surface area contributed by atoms with E-state index in [9.17, 15) is 22.8 Å². The molecule has 0 unspecified atom stereocenters. The van der Waals surface area contributed by atoms with Crippen LogP contribution in [-0.2, 0) is 4.79 Å². The molecule has 0 heterocycles. The molecule has 0 fully saturated rings. The molecule has 24 heavy (non-hydrogen) atoms. The van der Waals surface area contributed by atoms with Crippen LogP contribution in [0.2, 0.25) is 0 Å². The largest absolute Gasteiger partial charge is 0.343 e. The molecule has 2 N–H and O–H groups in total. The van der Waals surface area contributed by atoms with Gasteiger partial charge in [0.1, 0.15) is 0 Å². The molecule has 0 aliphatic carbocycles. The Labute approximate surface area is 136 Å². The minimum absolute atomic E-state index is 0.440. The molecule has 0 saturated heterocycles. The van der Waals surface area contributed by atoms with Gasteiger partial charge in [-0.3, -0.25) is 9.59 Å². The molecule has 2 amide bonds. The maximum Gasteiger partial charge on any atom is 0.254 e. The zero-order valence-corrected chi connectivity index (χ0v) is 13.0. The lowest BCUT2D eigenvalue weighted by molar-refractivity contribution is -0.115. The third-order valence-corrected chi connectivity index (χ3v) is 3.48. The van der Waals surface area contributed by atoms with Gasteiger partial charge in [0.05, 0.1) is 12.1 Å². The van der Waals surface area contributed by atoms with Crippen LogP contribution >= 0.6 is 0 Å². The van der Waals surface area contributed by atoms with Gasteiger partial charge in [0.2, 0.25) is 5.91 Å². The molecule has 4 nitrogen and oxygen atoms in total. The fourth-order valence-electron chi connectivity index (χ4n) is 1.98. The topological polar surface area (TPSA) is 58.2 Å². The Hall–Kier alpha value is -2.83. The van der Waals surface area contributed by atoms with Crippen molar-refractivity contribution in [3.63, 3.8) is 0 Å². The molecule has 0 saturated carbocycles. The van der Waals surface area contributed by atoms with Crippen molar-refractivity contribution in [3.8, 4) is 0 Å². The van der Waals surface area contributed by atoms with Gasteiger partial charge in [0, 0.05) is 5.69 Å². The van der Waals surface area contributed by atoms with Gasteiger partial charge in [-0.2, -0.15) is 0 Å². The molecule has 2 aromatic rings. The molecule has 0 spiro atoms. The van der Waals surface area contributed by atoms with Crippen LogP contribution in [0.1, 0.15) is 21.5 Å². The number of benzene rings is 2. The lowest BCUT2D eigenvalue weighted by Gasteiger charge is -2.09. The highest BCUT2D eigenvalue weighted by atomic mass is 19.2. The summed E-state index contributed by atoms with van der Waals surface area (Å²) in [4.78, 5) is 23.6. The van der Waals surface area contributed by atoms with Crippen molar-refractivity contribution < 1.29 is 22.8 Å². The molecule has 2 aromatic carbocycles. The van der Waals surface area contributed by atoms with Gasteiger partial charge in [-0.05, 0) is 49.2 Å². The molecule has 7 heteroatoms. The van der Waals surface area contributed by atoms with Crippen LogP contribution in [0, 0.1) is 31.3 Å². The molecule has 0 atom stereocenters. The summed E-state index contributed by atoms with van der Waals surface area (Å²) in [6, 6.07) is 6.76. The minimum Gasteiger partial charge on any atom is -0.343 e. The second kappa shape index (κ2) is 7.16. The van der Waals surface area contributed by atoms with Crippen molar-refractivity contribution in [1.29, 1.82) is 0 Å². The number of halogens is 3. The molecule has 0 radical (unpaired) electrons. The van der Waals surface area contributed by atoms with Crippen molar-refractivity contribution in [3.05, 3.63) is 64.5 Å². The van der Waals surface area contributed by atoms with Gasteiger partial charge in [-0.25, -0.2) is 13.2 Å². The second-order valence-electron chi connectivity index (χ2n) is 5.25. The van der Waals surface area contributed by atoms with E-state index in [1.165, 1.54) is 0 Å². The summed E-state index contributed by atoms with van der Waals surface area (Å²) in [7, 11) is 0. The molecule has 0 aliphatic rings. The summed E-state index contributed by atoms with van der Waals surface area (Å²) in [6.45, 7) is 3.38. The number of aryl methyl sites for hydroxylation is 2. The van der Waals surface area contributed by atoms with E-state index in [-0.39, 0.29) is 0 Å². The lowest BCUT2D eigenvalue weighted by Crippen LogP contribution is -2.33. The van der Waals surface area contributed by atoms with E-state index in [4.69, 9.17) is 0 Å². The highest BCUT2D eigenvalue weighted by Gasteiger charge is 2.19. The van der Waals surface area contributed by atoms with Gasteiger partial charge >= 0.3 is 0 Å². The first-order valence-corrected chi connectivity index (χ1v) is 7.08. The molecule has 0 aliphatic heterocycles. The van der Waals surface area contributed by atoms with Crippen LogP contribution in [-0.4, -0.2) is 18.4 Å². The van der Waals surface area contributed by atoms with Crippen LogP contribution in [0.15, 0.2) is 30.3 Å². The van der Waals surface area contributed by atoms with E-state index < -0.39 is 41.4 Å². The van der Waals surface area contributed by atoms with Crippen LogP contribution in [0.4, 0.5) is 18.9 Å². The van der Waals surface area contributed by atoms with Gasteiger partial charge in [-0.15, -0.1) is 0 Å². The van der Waals surface area contributed by atoms with Gasteiger partial charge in [0.15, 0.2) is 17.5 Å². The monoisotopic (exact) mass is 336 g/mol. The first-order valence-electron chi connectivity index (χ1n) is 7.08. The fourth-order valence-corrected chi connectivity index (χ4v) is 1.98. The molecular formula is C17H15F3N2O2. The van der Waals surface area contributed by atoms with Crippen molar-refractivity contribution in [2.75, 3.05) is 11.9 Å². The van der Waals surface area contributed by atoms with E-state index in [0.717, 1.165) is 17.2 Å². The summed E-state index contributed by atoms with van der Waals surface area (Å²) in [5, 5.41) is 4.72. The standard InChI is InChI=1S/C17H15F3N2O2/c1-9-3-4-11(7-10(9)2)22-14(23)8-21-17(24)12-5-6-13(18)16(20)15(12)19/h3-7H,8H2,1-2H3,(H,21,24)(H,22,23). The van der Waals surface area contributed by atoms with Crippen molar-refractivity contribution in [1.82, 2.24) is 5.32 Å². The Kier molecular flexibility index (Phi) is 5.23. The predicted molar refractivity (Wildman–Crippen MR) is 83.2 cm³/mol. The van der Waals surface area contributed by atoms with Gasteiger partial charge < -0.3 is 10.6 Å². The number of rotatable bonds is 4. The Morgan fingerprint density at radius 3 is 2.33 bits per heavy atom. The second-order valence-corrected chi connectivity index (χ2v) is 5.25. The zero-order chi connectivity index (χ0) is 17.9. The summed E-state index contributed by atoms with van der Waals surface area (Å²) in [6.07, 6.45) is 0. The molecule has 0 aromatic heterocycles. The maximum absolute atomic E-state index is 13.5. The quantitative estimate of drug-likeness (QED) is 0.843. The van der Waals surface area contributed by atoms with Crippen LogP contribution in [0.5, 0.6) is 0 Å². The fraction of sp³-hybridized carbons (Fsp3) is 0.176. The van der Waals surface area contributed by atoms with E-state index in [1.54, 1.807) is 12.1 Å². The molecule has 126 valence electrons. The number of hydrogen-bond acceptors (Lipinski definition) is 2. The van der Waals surface area contributed by atoms with Crippen LogP contribution in [0.25, 0.3) is 0 Å². The molecule has 2 rings (SSSR count). The van der Waals surface area contributed by atoms with E-state index >= 15 is 0 Å². The predicted octanol–water partition coefficient (Wildman–Crippen LogP) is 3.09. The number of anilines is 1. The Morgan fingerprint density at radius 2 is 1.67 bits per heavy atom. The van der Waals surface area contributed by atoms with E-state index in [2.05, 4.69) is 10.6 Å². The molecule has 0 bridgehead atoms. The third-order valence-electron chi connectivity index (χ3n) is 3.48. The number of hydrogen-bond donors (Lipinski definition) is 2. The van der Waals surface area contributed by atoms with E-state index in [1.807, 2.05) is 19.9 Å². The first-order chi connectivity index (χ1) is 11.3. The summed E-state index contributed by atoms with van der Waals surface area (Å²) >= 11 is 0.